The zero-order valence-electron chi connectivity index (χ0n) is 23.8. The molecule has 0 aromatic carbocycles. The Kier molecular flexibility index (Phi) is 58.7. The first-order valence-corrected chi connectivity index (χ1v) is 14.2. The van der Waals surface area contributed by atoms with E-state index in [1.807, 2.05) is 0 Å². The molecule has 0 saturated heterocycles. The Hall–Kier alpha value is 1.06. The molecule has 0 fully saturated rings. The second-order valence-electron chi connectivity index (χ2n) is 6.86. The largest absolute Gasteiger partial charge is 2.00 e. The summed E-state index contributed by atoms with van der Waals surface area (Å²) in [5.74, 6) is 0. The molecule has 0 aromatic rings. The molecular weight excluding hydrogens is 654 g/mol. The third kappa shape index (κ3) is 65.8. The van der Waals surface area contributed by atoms with E-state index in [2.05, 4.69) is 75.0 Å². The van der Waals surface area contributed by atoms with E-state index >= 15 is 0 Å². The van der Waals surface area contributed by atoms with Crippen LogP contribution in [0.2, 0.25) is 0 Å². The predicted molar refractivity (Wildman–Crippen MR) is 115 cm³/mol. The molecule has 0 spiro atoms. The molecule has 0 aliphatic heterocycles. The quantitative estimate of drug-likeness (QED) is 0.152. The molecule has 0 heterocycles. The maximum Gasteiger partial charge on any atom is 2.00 e. The fraction of sp³-hybridized carbons (Fsp3) is 1.00. The molecule has 0 amide bonds. The first-order chi connectivity index (χ1) is 15.6. The molecule has 0 aliphatic carbocycles. The van der Waals surface area contributed by atoms with E-state index in [9.17, 15) is 0 Å². The zero-order chi connectivity index (χ0) is 27.8. The van der Waals surface area contributed by atoms with Gasteiger partial charge in [-0.2, -0.15) is 0 Å². The van der Waals surface area contributed by atoms with Gasteiger partial charge in [0.15, 0.2) is 0 Å². The summed E-state index contributed by atoms with van der Waals surface area (Å²) in [6.45, 7) is 32.1. The summed E-state index contributed by atoms with van der Waals surface area (Å²) in [7, 11) is -9.89. The zero-order valence-corrected chi connectivity index (χ0v) is 27.2. The number of rotatable bonds is 14. The number of hydrogen-bond donors (Lipinski definition) is 0. The summed E-state index contributed by atoms with van der Waals surface area (Å²) in [4.78, 5) is 9.88. The van der Waals surface area contributed by atoms with Gasteiger partial charge in [0.1, 0.15) is 0 Å². The number of halogens is 2. The minimum Gasteiger partial charge on any atom is -0.870 e. The summed E-state index contributed by atoms with van der Waals surface area (Å²) >= 11 is 0. The number of likely N-dealkylation sites (N-methyl/N-ethyl adjacent to an activating group) is 4. The van der Waals surface area contributed by atoms with Crippen molar-refractivity contribution in [3.8, 4) is 0 Å². The second-order valence-corrected chi connectivity index (χ2v) is 8.38. The Morgan fingerprint density at radius 2 is 0.421 bits per heavy atom. The minimum atomic E-state index is -4.94. The van der Waals surface area contributed by atoms with Crippen molar-refractivity contribution in [3.05, 3.63) is 0 Å². The topological polar surface area (TPSA) is 257 Å². The molecular formula is C20H50Cl2Cu2N4O10. The maximum absolute atomic E-state index is 8.49. The summed E-state index contributed by atoms with van der Waals surface area (Å²) in [5.41, 5.74) is 0. The van der Waals surface area contributed by atoms with Crippen LogP contribution in [-0.2, 0) is 34.1 Å². The van der Waals surface area contributed by atoms with Crippen molar-refractivity contribution in [1.82, 2.24) is 19.6 Å². The van der Waals surface area contributed by atoms with Crippen LogP contribution in [-0.4, -0.2) is 109 Å². The Balaban J connectivity index is -0.0000000544. The van der Waals surface area contributed by atoms with E-state index in [1.165, 1.54) is 78.5 Å². The van der Waals surface area contributed by atoms with Gasteiger partial charge in [-0.3, -0.25) is 0 Å². The first kappa shape index (κ1) is 58.6. The van der Waals surface area contributed by atoms with Crippen molar-refractivity contribution in [1.29, 1.82) is 0 Å². The Labute approximate surface area is 255 Å². The molecule has 2 radical (unpaired) electrons. The smallest absolute Gasteiger partial charge is 0.870 e. The van der Waals surface area contributed by atoms with Crippen LogP contribution in [0.4, 0.5) is 0 Å². The van der Waals surface area contributed by atoms with Crippen LogP contribution in [0.25, 0.3) is 0 Å². The molecule has 38 heavy (non-hydrogen) atoms. The van der Waals surface area contributed by atoms with Gasteiger partial charge in [0.25, 0.3) is 0 Å². The normalized spacial score (nSPS) is 10.4. The molecule has 0 aromatic heterocycles. The SMILES string of the molecule is CCN(CC)CCN(CC)CC.CCN(CC)CCN(CC)CC.[Cu+2].[Cu+2].[O-][Cl+3]([O-])([O-])[O-].[O-][Cl+3]([O-])([O-])[O-].[OH-].[OH-]. The van der Waals surface area contributed by atoms with Crippen LogP contribution in [0.15, 0.2) is 0 Å². The summed E-state index contributed by atoms with van der Waals surface area (Å²) in [6, 6.07) is 0. The molecule has 0 rings (SSSR count). The van der Waals surface area contributed by atoms with Crippen LogP contribution >= 0.6 is 0 Å². The Bertz CT molecular complexity index is 333. The second kappa shape index (κ2) is 38.1. The van der Waals surface area contributed by atoms with Crippen LogP contribution in [0.1, 0.15) is 55.4 Å². The summed E-state index contributed by atoms with van der Waals surface area (Å²) < 4.78 is 67.9. The fourth-order valence-corrected chi connectivity index (χ4v) is 2.73. The molecule has 0 unspecified atom stereocenters. The van der Waals surface area contributed by atoms with Gasteiger partial charge >= 0.3 is 34.1 Å². The monoisotopic (exact) mass is 702 g/mol. The van der Waals surface area contributed by atoms with Crippen molar-refractivity contribution in [2.24, 2.45) is 0 Å². The maximum atomic E-state index is 8.49. The third-order valence-corrected chi connectivity index (χ3v) is 5.04. The van der Waals surface area contributed by atoms with Gasteiger partial charge in [-0.05, 0) is 52.4 Å². The van der Waals surface area contributed by atoms with E-state index in [4.69, 9.17) is 37.3 Å². The summed E-state index contributed by atoms with van der Waals surface area (Å²) in [6.07, 6.45) is 0. The van der Waals surface area contributed by atoms with Gasteiger partial charge in [-0.15, -0.1) is 20.5 Å². The Morgan fingerprint density at radius 3 is 0.474 bits per heavy atom. The van der Waals surface area contributed by atoms with Crippen molar-refractivity contribution in [2.45, 2.75) is 55.4 Å². The third-order valence-electron chi connectivity index (χ3n) is 5.04. The van der Waals surface area contributed by atoms with Gasteiger partial charge < -0.3 is 30.6 Å². The molecule has 14 nitrogen and oxygen atoms in total. The summed E-state index contributed by atoms with van der Waals surface area (Å²) in [5, 5.41) is 0. The van der Waals surface area contributed by atoms with Gasteiger partial charge in [0.2, 0.25) is 0 Å². The van der Waals surface area contributed by atoms with E-state index < -0.39 is 20.5 Å². The minimum absolute atomic E-state index is 0. The molecule has 2 N–H and O–H groups in total. The van der Waals surface area contributed by atoms with E-state index in [-0.39, 0.29) is 45.1 Å². The Morgan fingerprint density at radius 1 is 0.342 bits per heavy atom. The van der Waals surface area contributed by atoms with Crippen molar-refractivity contribution in [2.75, 3.05) is 78.5 Å². The standard InChI is InChI=1S/2C10H24N2.2ClHO4.2Cu.2H2O/c2*1-5-11(6-2)9-10-12(7-3)8-4;2*2-1(3,4)5;;;;/h2*5-10H2,1-4H3;2*(H,2,3,4,5);;;2*1H2/q;;;;2*+2;;/p-4. The molecule has 0 bridgehead atoms. The van der Waals surface area contributed by atoms with Gasteiger partial charge in [0.05, 0.1) is 0 Å². The number of nitrogens with zero attached hydrogens (tertiary/aromatic N) is 4. The van der Waals surface area contributed by atoms with Gasteiger partial charge in [0, 0.05) is 26.2 Å². The fourth-order valence-electron chi connectivity index (χ4n) is 2.73. The molecule has 0 saturated carbocycles. The molecule has 246 valence electrons. The average molecular weight is 705 g/mol. The van der Waals surface area contributed by atoms with Crippen LogP contribution in [0.5, 0.6) is 0 Å². The molecule has 0 aliphatic rings. The van der Waals surface area contributed by atoms with Crippen LogP contribution in [0.3, 0.4) is 0 Å². The van der Waals surface area contributed by atoms with Crippen LogP contribution < -0.4 is 37.3 Å². The van der Waals surface area contributed by atoms with Gasteiger partial charge in [-0.1, -0.05) is 55.4 Å². The van der Waals surface area contributed by atoms with Crippen molar-refractivity contribution < 1.29 is 103 Å². The van der Waals surface area contributed by atoms with Crippen molar-refractivity contribution in [3.63, 3.8) is 0 Å². The van der Waals surface area contributed by atoms with E-state index in [0.29, 0.717) is 0 Å². The predicted octanol–water partition coefficient (Wildman–Crippen LogP) is -6.53. The molecule has 0 atom stereocenters. The van der Waals surface area contributed by atoms with E-state index in [0.717, 1.165) is 0 Å². The van der Waals surface area contributed by atoms with E-state index in [1.54, 1.807) is 0 Å². The first-order valence-electron chi connectivity index (χ1n) is 11.7. The van der Waals surface area contributed by atoms with Crippen molar-refractivity contribution >= 4 is 0 Å². The molecule has 18 heteroatoms. The average Bonchev–Trinajstić information content (AvgIpc) is 2.73. The number of hydrogen-bond acceptors (Lipinski definition) is 14. The van der Waals surface area contributed by atoms with Gasteiger partial charge in [-0.25, -0.2) is 37.3 Å². The van der Waals surface area contributed by atoms with Crippen LogP contribution in [0, 0.1) is 20.5 Å².